The van der Waals surface area contributed by atoms with E-state index in [1.165, 1.54) is 6.07 Å². The smallest absolute Gasteiger partial charge is 0.315 e. The SMILES string of the molecule is CC(C)COc1cc(F)ccc1NC(=O)C(=O)Nc1nc(CC(=O)O)c(S(C)(=O)=O)s1. The lowest BCUT2D eigenvalue weighted by Crippen LogP contribution is -2.29. The third-order valence-electron chi connectivity index (χ3n) is 3.51. The average Bonchev–Trinajstić information content (AvgIpc) is 3.03. The highest BCUT2D eigenvalue weighted by Gasteiger charge is 2.24. The molecule has 0 radical (unpaired) electrons. The first-order valence-electron chi connectivity index (χ1n) is 8.83. The summed E-state index contributed by atoms with van der Waals surface area (Å²) in [5.74, 6) is -4.07. The molecule has 1 heterocycles. The monoisotopic (exact) mass is 473 g/mol. The van der Waals surface area contributed by atoms with Gasteiger partial charge in [0.2, 0.25) is 0 Å². The molecule has 10 nitrogen and oxygen atoms in total. The molecule has 1 aromatic heterocycles. The molecule has 0 unspecified atom stereocenters. The van der Waals surface area contributed by atoms with E-state index >= 15 is 0 Å². The predicted octanol–water partition coefficient (Wildman–Crippen LogP) is 1.92. The van der Waals surface area contributed by atoms with Gasteiger partial charge in [0.05, 0.1) is 24.4 Å². The van der Waals surface area contributed by atoms with Crippen LogP contribution in [-0.2, 0) is 30.6 Å². The fraction of sp³-hybridized carbons (Fsp3) is 0.333. The number of nitrogens with one attached hydrogen (secondary N) is 2. The first-order valence-corrected chi connectivity index (χ1v) is 11.5. The molecular formula is C18H20FN3O7S2. The molecule has 0 fully saturated rings. The van der Waals surface area contributed by atoms with E-state index in [2.05, 4.69) is 15.6 Å². The van der Waals surface area contributed by atoms with Crippen molar-refractivity contribution in [1.29, 1.82) is 0 Å². The van der Waals surface area contributed by atoms with Crippen molar-refractivity contribution in [3.63, 3.8) is 0 Å². The number of benzene rings is 1. The summed E-state index contributed by atoms with van der Waals surface area (Å²) in [5, 5.41) is 13.1. The minimum atomic E-state index is -3.80. The number of carbonyl (C=O) groups is 3. The van der Waals surface area contributed by atoms with Gasteiger partial charge in [-0.15, -0.1) is 0 Å². The lowest BCUT2D eigenvalue weighted by atomic mass is 10.2. The number of ether oxygens (including phenoxy) is 1. The molecule has 0 saturated carbocycles. The molecule has 13 heteroatoms. The van der Waals surface area contributed by atoms with Crippen molar-refractivity contribution in [2.24, 2.45) is 5.92 Å². The Labute approximate surface area is 181 Å². The lowest BCUT2D eigenvalue weighted by molar-refractivity contribution is -0.136. The van der Waals surface area contributed by atoms with Crippen molar-refractivity contribution < 1.29 is 37.0 Å². The maximum absolute atomic E-state index is 13.5. The van der Waals surface area contributed by atoms with Crippen LogP contribution >= 0.6 is 11.3 Å². The van der Waals surface area contributed by atoms with E-state index in [1.54, 1.807) is 0 Å². The Bertz CT molecular complexity index is 1110. The lowest BCUT2D eigenvalue weighted by Gasteiger charge is -2.13. The molecule has 0 bridgehead atoms. The van der Waals surface area contributed by atoms with Crippen LogP contribution < -0.4 is 15.4 Å². The molecular weight excluding hydrogens is 453 g/mol. The van der Waals surface area contributed by atoms with Gasteiger partial charge in [-0.2, -0.15) is 0 Å². The molecule has 0 saturated heterocycles. The number of hydrogen-bond donors (Lipinski definition) is 3. The normalized spacial score (nSPS) is 11.3. The van der Waals surface area contributed by atoms with E-state index in [0.717, 1.165) is 18.4 Å². The largest absolute Gasteiger partial charge is 0.491 e. The molecule has 168 valence electrons. The summed E-state index contributed by atoms with van der Waals surface area (Å²) in [5.41, 5.74) is -0.191. The number of thiazole rings is 1. The summed E-state index contributed by atoms with van der Waals surface area (Å²) >= 11 is 0.528. The van der Waals surface area contributed by atoms with Crippen LogP contribution in [0, 0.1) is 11.7 Å². The first kappa shape index (κ1) is 24.2. The molecule has 0 aliphatic carbocycles. The highest BCUT2D eigenvalue weighted by molar-refractivity contribution is 7.92. The van der Waals surface area contributed by atoms with Crippen LogP contribution in [0.3, 0.4) is 0 Å². The molecule has 3 N–H and O–H groups in total. The quantitative estimate of drug-likeness (QED) is 0.492. The topological polar surface area (TPSA) is 152 Å². The van der Waals surface area contributed by atoms with E-state index in [-0.39, 0.29) is 39.0 Å². The number of sulfone groups is 1. The first-order chi connectivity index (χ1) is 14.4. The number of carboxylic acids is 1. The zero-order chi connectivity index (χ0) is 23.3. The van der Waals surface area contributed by atoms with Gasteiger partial charge in [0.25, 0.3) is 0 Å². The van der Waals surface area contributed by atoms with Crippen molar-refractivity contribution in [1.82, 2.24) is 4.98 Å². The van der Waals surface area contributed by atoms with Gasteiger partial charge in [0, 0.05) is 12.3 Å². The number of aromatic nitrogens is 1. The summed E-state index contributed by atoms with van der Waals surface area (Å²) in [7, 11) is -3.80. The third-order valence-corrected chi connectivity index (χ3v) is 6.38. The van der Waals surface area contributed by atoms with Gasteiger partial charge in [-0.3, -0.25) is 19.7 Å². The number of carbonyl (C=O) groups excluding carboxylic acids is 2. The highest BCUT2D eigenvalue weighted by atomic mass is 32.2. The molecule has 0 aliphatic rings. The zero-order valence-corrected chi connectivity index (χ0v) is 18.4. The molecule has 0 atom stereocenters. The molecule has 0 spiro atoms. The predicted molar refractivity (Wildman–Crippen MR) is 111 cm³/mol. The number of halogens is 1. The molecule has 31 heavy (non-hydrogen) atoms. The third kappa shape index (κ3) is 7.00. The number of nitrogens with zero attached hydrogens (tertiary/aromatic N) is 1. The number of rotatable bonds is 8. The Morgan fingerprint density at radius 1 is 1.23 bits per heavy atom. The fourth-order valence-corrected chi connectivity index (χ4v) is 4.34. The maximum atomic E-state index is 13.5. The summed E-state index contributed by atoms with van der Waals surface area (Å²) < 4.78 is 42.3. The minimum absolute atomic E-state index is 0.0344. The number of amides is 2. The standard InChI is InChI=1S/C18H20FN3O7S2/c1-9(2)8-29-13-6-10(19)4-5-11(13)20-15(25)16(26)22-18-21-12(7-14(23)24)17(30-18)31(3,27)28/h4-6,9H,7-8H2,1-3H3,(H,20,25)(H,23,24)(H,21,22,26). The van der Waals surface area contributed by atoms with Gasteiger partial charge >= 0.3 is 17.8 Å². The molecule has 2 rings (SSSR count). The number of aliphatic carboxylic acids is 1. The minimum Gasteiger partial charge on any atom is -0.491 e. The Morgan fingerprint density at radius 2 is 1.87 bits per heavy atom. The van der Waals surface area contributed by atoms with Gasteiger partial charge in [0.1, 0.15) is 15.8 Å². The summed E-state index contributed by atoms with van der Waals surface area (Å²) in [4.78, 5) is 39.2. The van der Waals surface area contributed by atoms with Gasteiger partial charge in [-0.25, -0.2) is 17.8 Å². The van der Waals surface area contributed by atoms with Crippen molar-refractivity contribution in [2.45, 2.75) is 24.5 Å². The van der Waals surface area contributed by atoms with Crippen LogP contribution in [0.25, 0.3) is 0 Å². The van der Waals surface area contributed by atoms with Gasteiger partial charge in [-0.05, 0) is 18.1 Å². The van der Waals surface area contributed by atoms with E-state index in [9.17, 15) is 27.2 Å². The number of anilines is 2. The second-order valence-electron chi connectivity index (χ2n) is 6.85. The summed E-state index contributed by atoms with van der Waals surface area (Å²) in [6.45, 7) is 4.00. The van der Waals surface area contributed by atoms with Gasteiger partial charge in [-0.1, -0.05) is 25.2 Å². The highest BCUT2D eigenvalue weighted by Crippen LogP contribution is 2.29. The number of hydrogen-bond acceptors (Lipinski definition) is 8. The van der Waals surface area contributed by atoms with E-state index in [1.807, 2.05) is 13.8 Å². The number of carboxylic acid groups (broad SMARTS) is 1. The Kier molecular flexibility index (Phi) is 7.68. The maximum Gasteiger partial charge on any atom is 0.315 e. The average molecular weight is 474 g/mol. The van der Waals surface area contributed by atoms with Crippen LogP contribution in [0.5, 0.6) is 5.75 Å². The van der Waals surface area contributed by atoms with Gasteiger partial charge < -0.3 is 15.2 Å². The Balaban J connectivity index is 2.18. The van der Waals surface area contributed by atoms with Crippen LogP contribution in [0.2, 0.25) is 0 Å². The Hall–Kier alpha value is -3.06. The van der Waals surface area contributed by atoms with Crippen LogP contribution in [-0.4, -0.2) is 49.2 Å². The van der Waals surface area contributed by atoms with Crippen molar-refractivity contribution in [3.05, 3.63) is 29.7 Å². The van der Waals surface area contributed by atoms with Crippen LogP contribution in [0.4, 0.5) is 15.2 Å². The van der Waals surface area contributed by atoms with Gasteiger partial charge in [0.15, 0.2) is 15.0 Å². The molecule has 0 aliphatic heterocycles. The van der Waals surface area contributed by atoms with Crippen molar-refractivity contribution in [2.75, 3.05) is 23.5 Å². The summed E-state index contributed by atoms with van der Waals surface area (Å²) in [6, 6.07) is 3.37. The fourth-order valence-electron chi connectivity index (χ4n) is 2.24. The second kappa shape index (κ2) is 9.83. The molecule has 2 amide bonds. The Morgan fingerprint density at radius 3 is 2.45 bits per heavy atom. The van der Waals surface area contributed by atoms with Crippen molar-refractivity contribution >= 4 is 49.8 Å². The zero-order valence-electron chi connectivity index (χ0n) is 16.8. The van der Waals surface area contributed by atoms with E-state index in [0.29, 0.717) is 11.3 Å². The van der Waals surface area contributed by atoms with Crippen LogP contribution in [0.15, 0.2) is 22.4 Å². The van der Waals surface area contributed by atoms with Crippen LogP contribution in [0.1, 0.15) is 19.5 Å². The van der Waals surface area contributed by atoms with E-state index < -0.39 is 39.9 Å². The van der Waals surface area contributed by atoms with E-state index in [4.69, 9.17) is 9.84 Å². The molecule has 2 aromatic rings. The summed E-state index contributed by atoms with van der Waals surface area (Å²) in [6.07, 6.45) is 0.199. The van der Waals surface area contributed by atoms with Crippen molar-refractivity contribution in [3.8, 4) is 5.75 Å². The second-order valence-corrected chi connectivity index (χ2v) is 10.1. The molecule has 1 aromatic carbocycles.